The predicted molar refractivity (Wildman–Crippen MR) is 109 cm³/mol. The molecule has 1 amide bonds. The molecule has 2 aromatic carbocycles. The summed E-state index contributed by atoms with van der Waals surface area (Å²) in [5, 5.41) is 3.10. The number of halogens is 1. The first kappa shape index (κ1) is 20.6. The number of carbonyl (C=O) groups is 1. The summed E-state index contributed by atoms with van der Waals surface area (Å²) in [7, 11) is -3.56. The van der Waals surface area contributed by atoms with Gasteiger partial charge in [-0.2, -0.15) is 0 Å². The Kier molecular flexibility index (Phi) is 6.93. The first-order chi connectivity index (χ1) is 13.4. The molecule has 0 saturated heterocycles. The van der Waals surface area contributed by atoms with Gasteiger partial charge in [0.1, 0.15) is 5.75 Å². The van der Waals surface area contributed by atoms with Crippen LogP contribution in [0.2, 0.25) is 5.02 Å². The molecule has 0 spiro atoms. The molecular weight excluding hydrogens is 400 g/mol. The highest BCUT2D eigenvalue weighted by atomic mass is 35.5. The van der Waals surface area contributed by atoms with Crippen LogP contribution in [0.5, 0.6) is 5.75 Å². The normalized spacial score (nSPS) is 15.2. The Morgan fingerprint density at radius 1 is 1.04 bits per heavy atom. The van der Waals surface area contributed by atoms with Crippen LogP contribution in [-0.2, 0) is 14.8 Å². The van der Waals surface area contributed by atoms with E-state index in [4.69, 9.17) is 16.3 Å². The summed E-state index contributed by atoms with van der Waals surface area (Å²) in [6.45, 7) is -0.201. The molecule has 1 aliphatic carbocycles. The van der Waals surface area contributed by atoms with Crippen molar-refractivity contribution in [1.82, 2.24) is 4.72 Å². The quantitative estimate of drug-likeness (QED) is 0.707. The van der Waals surface area contributed by atoms with E-state index < -0.39 is 10.0 Å². The molecule has 150 valence electrons. The first-order valence-corrected chi connectivity index (χ1v) is 11.1. The van der Waals surface area contributed by atoms with E-state index in [2.05, 4.69) is 10.0 Å². The Morgan fingerprint density at radius 2 is 1.71 bits per heavy atom. The molecule has 0 aromatic heterocycles. The third-order valence-corrected chi connectivity index (χ3v) is 6.42. The highest BCUT2D eigenvalue weighted by Crippen LogP contribution is 2.23. The molecule has 0 unspecified atom stereocenters. The minimum absolute atomic E-state index is 0.0000821. The maximum Gasteiger partial charge on any atom is 0.262 e. The second-order valence-corrected chi connectivity index (χ2v) is 8.87. The van der Waals surface area contributed by atoms with Gasteiger partial charge in [0.2, 0.25) is 10.0 Å². The van der Waals surface area contributed by atoms with Crippen molar-refractivity contribution >= 4 is 33.2 Å². The Bertz CT molecular complexity index is 910. The Balaban J connectivity index is 1.54. The minimum Gasteiger partial charge on any atom is -0.482 e. The molecule has 0 bridgehead atoms. The van der Waals surface area contributed by atoms with Gasteiger partial charge in [-0.05, 0) is 49.2 Å². The van der Waals surface area contributed by atoms with Crippen molar-refractivity contribution in [3.05, 3.63) is 53.6 Å². The third-order valence-electron chi connectivity index (χ3n) is 4.57. The summed E-state index contributed by atoms with van der Waals surface area (Å²) >= 11 is 5.98. The molecule has 2 aromatic rings. The van der Waals surface area contributed by atoms with Crippen LogP contribution in [0.3, 0.4) is 0 Å². The van der Waals surface area contributed by atoms with Crippen molar-refractivity contribution in [2.75, 3.05) is 11.9 Å². The minimum atomic E-state index is -3.56. The van der Waals surface area contributed by atoms with Gasteiger partial charge >= 0.3 is 0 Å². The van der Waals surface area contributed by atoms with Crippen molar-refractivity contribution in [2.24, 2.45) is 0 Å². The maximum atomic E-state index is 12.5. The molecule has 1 aliphatic rings. The number of hydrogen-bond acceptors (Lipinski definition) is 4. The second kappa shape index (κ2) is 9.41. The van der Waals surface area contributed by atoms with Crippen LogP contribution in [-0.4, -0.2) is 27.0 Å². The Labute approximate surface area is 170 Å². The van der Waals surface area contributed by atoms with Crippen molar-refractivity contribution in [1.29, 1.82) is 0 Å². The Hall–Kier alpha value is -2.09. The second-order valence-electron chi connectivity index (χ2n) is 6.75. The van der Waals surface area contributed by atoms with Crippen LogP contribution in [0, 0.1) is 0 Å². The fourth-order valence-electron chi connectivity index (χ4n) is 3.13. The number of ether oxygens (including phenoxy) is 1. The fourth-order valence-corrected chi connectivity index (χ4v) is 4.62. The van der Waals surface area contributed by atoms with Crippen molar-refractivity contribution in [3.63, 3.8) is 0 Å². The third kappa shape index (κ3) is 5.70. The van der Waals surface area contributed by atoms with Gasteiger partial charge in [-0.25, -0.2) is 13.1 Å². The molecule has 2 N–H and O–H groups in total. The van der Waals surface area contributed by atoms with E-state index in [0.29, 0.717) is 16.5 Å². The fraction of sp³-hybridized carbons (Fsp3) is 0.350. The van der Waals surface area contributed by atoms with Gasteiger partial charge in [-0.1, -0.05) is 43.0 Å². The van der Waals surface area contributed by atoms with Crippen molar-refractivity contribution < 1.29 is 17.9 Å². The standard InChI is InChI=1S/C20H23ClN2O4S/c21-18-8-4-5-9-19(18)27-14-20(24)22-15-10-12-17(13-11-15)28(25,26)23-16-6-2-1-3-7-16/h4-5,8-13,16,23H,1-3,6-7,14H2,(H,22,24). The average molecular weight is 423 g/mol. The molecule has 28 heavy (non-hydrogen) atoms. The van der Waals surface area contributed by atoms with Crippen LogP contribution >= 0.6 is 11.6 Å². The number of anilines is 1. The zero-order valence-corrected chi connectivity index (χ0v) is 16.9. The molecule has 0 heterocycles. The van der Waals surface area contributed by atoms with E-state index in [1.54, 1.807) is 36.4 Å². The highest BCUT2D eigenvalue weighted by Gasteiger charge is 2.21. The average Bonchev–Trinajstić information content (AvgIpc) is 2.68. The van der Waals surface area contributed by atoms with E-state index >= 15 is 0 Å². The van der Waals surface area contributed by atoms with E-state index in [1.807, 2.05) is 0 Å². The predicted octanol–water partition coefficient (Wildman–Crippen LogP) is 3.97. The van der Waals surface area contributed by atoms with Gasteiger partial charge in [0.25, 0.3) is 5.91 Å². The molecule has 0 radical (unpaired) electrons. The number of hydrogen-bond donors (Lipinski definition) is 2. The zero-order valence-electron chi connectivity index (χ0n) is 15.4. The summed E-state index contributed by atoms with van der Waals surface area (Å²) in [6, 6.07) is 13.0. The molecule has 6 nitrogen and oxygen atoms in total. The van der Waals surface area contributed by atoms with E-state index in [1.165, 1.54) is 12.1 Å². The lowest BCUT2D eigenvalue weighted by molar-refractivity contribution is -0.118. The number of rotatable bonds is 7. The van der Waals surface area contributed by atoms with Crippen molar-refractivity contribution in [3.8, 4) is 5.75 Å². The van der Waals surface area contributed by atoms with E-state index in [-0.39, 0.29) is 23.5 Å². The van der Waals surface area contributed by atoms with Gasteiger partial charge in [0.15, 0.2) is 6.61 Å². The number of sulfonamides is 1. The van der Waals surface area contributed by atoms with Gasteiger partial charge in [-0.3, -0.25) is 4.79 Å². The van der Waals surface area contributed by atoms with Crippen molar-refractivity contribution in [2.45, 2.75) is 43.0 Å². The summed E-state index contributed by atoms with van der Waals surface area (Å²) in [4.78, 5) is 12.2. The molecule has 3 rings (SSSR count). The number of amides is 1. The van der Waals surface area contributed by atoms with Crippen LogP contribution < -0.4 is 14.8 Å². The van der Waals surface area contributed by atoms with Crippen LogP contribution in [0.15, 0.2) is 53.4 Å². The SMILES string of the molecule is O=C(COc1ccccc1Cl)Nc1ccc(S(=O)(=O)NC2CCCCC2)cc1. The zero-order chi connectivity index (χ0) is 20.0. The topological polar surface area (TPSA) is 84.5 Å². The van der Waals surface area contributed by atoms with Gasteiger partial charge < -0.3 is 10.1 Å². The lowest BCUT2D eigenvalue weighted by atomic mass is 9.96. The lowest BCUT2D eigenvalue weighted by Crippen LogP contribution is -2.36. The number of carbonyl (C=O) groups excluding carboxylic acids is 1. The number of nitrogens with one attached hydrogen (secondary N) is 2. The number of para-hydroxylation sites is 1. The maximum absolute atomic E-state index is 12.5. The van der Waals surface area contributed by atoms with Gasteiger partial charge in [0.05, 0.1) is 9.92 Å². The molecular formula is C20H23ClN2O4S. The van der Waals surface area contributed by atoms with E-state index in [9.17, 15) is 13.2 Å². The molecule has 1 fully saturated rings. The summed E-state index contributed by atoms with van der Waals surface area (Å²) in [5.41, 5.74) is 0.490. The molecule has 8 heteroatoms. The lowest BCUT2D eigenvalue weighted by Gasteiger charge is -2.22. The summed E-state index contributed by atoms with van der Waals surface area (Å²) in [5.74, 6) is 0.0606. The van der Waals surface area contributed by atoms with Gasteiger partial charge in [0, 0.05) is 11.7 Å². The summed E-state index contributed by atoms with van der Waals surface area (Å²) < 4.78 is 33.1. The van der Waals surface area contributed by atoms with Gasteiger partial charge in [-0.15, -0.1) is 0 Å². The highest BCUT2D eigenvalue weighted by molar-refractivity contribution is 7.89. The summed E-state index contributed by atoms with van der Waals surface area (Å²) in [6.07, 6.45) is 5.01. The number of benzene rings is 2. The largest absolute Gasteiger partial charge is 0.482 e. The molecule has 0 atom stereocenters. The smallest absolute Gasteiger partial charge is 0.262 e. The first-order valence-electron chi connectivity index (χ1n) is 9.23. The molecule has 1 saturated carbocycles. The molecule has 0 aliphatic heterocycles. The Morgan fingerprint density at radius 3 is 2.39 bits per heavy atom. The van der Waals surface area contributed by atoms with Crippen LogP contribution in [0.1, 0.15) is 32.1 Å². The monoisotopic (exact) mass is 422 g/mol. The van der Waals surface area contributed by atoms with E-state index in [0.717, 1.165) is 32.1 Å². The van der Waals surface area contributed by atoms with Crippen LogP contribution in [0.25, 0.3) is 0 Å². The van der Waals surface area contributed by atoms with Crippen LogP contribution in [0.4, 0.5) is 5.69 Å².